The Morgan fingerprint density at radius 1 is 1.39 bits per heavy atom. The van der Waals surface area contributed by atoms with Crippen LogP contribution in [0.1, 0.15) is 20.8 Å². The van der Waals surface area contributed by atoms with Gasteiger partial charge in [0.2, 0.25) is 0 Å². The van der Waals surface area contributed by atoms with Crippen molar-refractivity contribution in [3.8, 4) is 5.75 Å². The van der Waals surface area contributed by atoms with Gasteiger partial charge in [0.25, 0.3) is 0 Å². The van der Waals surface area contributed by atoms with Crippen LogP contribution in [-0.2, 0) is 4.74 Å². The van der Waals surface area contributed by atoms with Crippen molar-refractivity contribution >= 4 is 27.7 Å². The van der Waals surface area contributed by atoms with Crippen LogP contribution in [0.2, 0.25) is 0 Å². The first-order chi connectivity index (χ1) is 8.23. The number of methoxy groups -OCH3 is 1. The van der Waals surface area contributed by atoms with E-state index in [1.165, 1.54) is 13.2 Å². The van der Waals surface area contributed by atoms with Crippen molar-refractivity contribution in [2.75, 3.05) is 12.4 Å². The molecule has 0 heterocycles. The monoisotopic (exact) mass is 319 g/mol. The SMILES string of the molecule is COc1cc(Br)cc(F)c1NC(=O)OC(C)(C)C. The molecule has 1 N–H and O–H groups in total. The summed E-state index contributed by atoms with van der Waals surface area (Å²) in [7, 11) is 1.39. The minimum Gasteiger partial charge on any atom is -0.494 e. The van der Waals surface area contributed by atoms with Crippen LogP contribution in [0.5, 0.6) is 5.75 Å². The number of ether oxygens (including phenoxy) is 2. The standard InChI is InChI=1S/C12H15BrFNO3/c1-12(2,3)18-11(16)15-10-8(14)5-7(13)6-9(10)17-4/h5-6H,1-4H3,(H,15,16). The zero-order valence-electron chi connectivity index (χ0n) is 10.6. The average Bonchev–Trinajstić information content (AvgIpc) is 2.18. The summed E-state index contributed by atoms with van der Waals surface area (Å²) in [6.07, 6.45) is -0.734. The van der Waals surface area contributed by atoms with E-state index in [1.807, 2.05) is 0 Å². The van der Waals surface area contributed by atoms with E-state index >= 15 is 0 Å². The summed E-state index contributed by atoms with van der Waals surface area (Å²) >= 11 is 3.14. The Balaban J connectivity index is 2.94. The van der Waals surface area contributed by atoms with Crippen LogP contribution in [0.25, 0.3) is 0 Å². The Kier molecular flexibility index (Phi) is 4.56. The lowest BCUT2D eigenvalue weighted by atomic mass is 10.2. The number of carbonyl (C=O) groups is 1. The number of amides is 1. The molecule has 0 radical (unpaired) electrons. The third kappa shape index (κ3) is 4.18. The maximum Gasteiger partial charge on any atom is 0.412 e. The van der Waals surface area contributed by atoms with Gasteiger partial charge in [-0.25, -0.2) is 9.18 Å². The van der Waals surface area contributed by atoms with Gasteiger partial charge >= 0.3 is 6.09 Å². The van der Waals surface area contributed by atoms with Gasteiger partial charge in [-0.05, 0) is 32.9 Å². The summed E-state index contributed by atoms with van der Waals surface area (Å²) in [5.74, 6) is -0.389. The zero-order chi connectivity index (χ0) is 13.9. The van der Waals surface area contributed by atoms with E-state index in [0.717, 1.165) is 0 Å². The molecular formula is C12H15BrFNO3. The number of hydrogen-bond donors (Lipinski definition) is 1. The number of carbonyl (C=O) groups excluding carboxylic acids is 1. The Hall–Kier alpha value is -1.30. The van der Waals surface area contributed by atoms with Crippen LogP contribution in [0, 0.1) is 5.82 Å². The van der Waals surface area contributed by atoms with Crippen molar-refractivity contribution in [3.63, 3.8) is 0 Å². The highest BCUT2D eigenvalue weighted by Gasteiger charge is 2.19. The fourth-order valence-corrected chi connectivity index (χ4v) is 1.65. The molecule has 0 aliphatic carbocycles. The van der Waals surface area contributed by atoms with Crippen molar-refractivity contribution < 1.29 is 18.7 Å². The minimum absolute atomic E-state index is 0.0463. The second-order valence-electron chi connectivity index (χ2n) is 4.59. The maximum absolute atomic E-state index is 13.7. The molecule has 1 aromatic carbocycles. The highest BCUT2D eigenvalue weighted by molar-refractivity contribution is 9.10. The van der Waals surface area contributed by atoms with E-state index in [2.05, 4.69) is 21.2 Å². The van der Waals surface area contributed by atoms with Crippen molar-refractivity contribution in [1.29, 1.82) is 0 Å². The second-order valence-corrected chi connectivity index (χ2v) is 5.51. The van der Waals surface area contributed by atoms with Crippen LogP contribution in [0.15, 0.2) is 16.6 Å². The molecule has 4 nitrogen and oxygen atoms in total. The van der Waals surface area contributed by atoms with E-state index in [4.69, 9.17) is 9.47 Å². The lowest BCUT2D eigenvalue weighted by molar-refractivity contribution is 0.0634. The third-order valence-electron chi connectivity index (χ3n) is 1.86. The fourth-order valence-electron chi connectivity index (χ4n) is 1.24. The van der Waals surface area contributed by atoms with Crippen LogP contribution in [0.3, 0.4) is 0 Å². The predicted molar refractivity (Wildman–Crippen MR) is 70.5 cm³/mol. The second kappa shape index (κ2) is 5.56. The molecule has 0 bridgehead atoms. The molecule has 18 heavy (non-hydrogen) atoms. The van der Waals surface area contributed by atoms with Crippen molar-refractivity contribution in [3.05, 3.63) is 22.4 Å². The first-order valence-corrected chi connectivity index (χ1v) is 6.05. The van der Waals surface area contributed by atoms with E-state index in [1.54, 1.807) is 26.8 Å². The predicted octanol–water partition coefficient (Wildman–Crippen LogP) is 3.94. The minimum atomic E-state index is -0.734. The molecule has 0 aliphatic rings. The van der Waals surface area contributed by atoms with Gasteiger partial charge in [-0.15, -0.1) is 0 Å². The summed E-state index contributed by atoms with van der Waals surface area (Å²) < 4.78 is 24.3. The molecule has 6 heteroatoms. The molecule has 0 spiro atoms. The van der Waals surface area contributed by atoms with Gasteiger partial charge in [-0.2, -0.15) is 0 Å². The van der Waals surface area contributed by atoms with Crippen LogP contribution in [-0.4, -0.2) is 18.8 Å². The Labute approximate surface area is 114 Å². The summed E-state index contributed by atoms with van der Waals surface area (Å²) in [5.41, 5.74) is -0.696. The lowest BCUT2D eigenvalue weighted by Gasteiger charge is -2.20. The molecule has 0 aliphatic heterocycles. The van der Waals surface area contributed by atoms with E-state index in [-0.39, 0.29) is 11.4 Å². The summed E-state index contributed by atoms with van der Waals surface area (Å²) in [4.78, 5) is 11.6. The molecular weight excluding hydrogens is 305 g/mol. The smallest absolute Gasteiger partial charge is 0.412 e. The quantitative estimate of drug-likeness (QED) is 0.898. The van der Waals surface area contributed by atoms with Gasteiger partial charge in [0.15, 0.2) is 5.82 Å². The summed E-state index contributed by atoms with van der Waals surface area (Å²) in [6.45, 7) is 5.17. The van der Waals surface area contributed by atoms with Gasteiger partial charge in [0.05, 0.1) is 7.11 Å². The van der Waals surface area contributed by atoms with Crippen LogP contribution in [0.4, 0.5) is 14.9 Å². The molecule has 0 saturated carbocycles. The summed E-state index contributed by atoms with van der Waals surface area (Å²) in [6, 6.07) is 2.78. The third-order valence-corrected chi connectivity index (χ3v) is 2.32. The van der Waals surface area contributed by atoms with Gasteiger partial charge in [-0.1, -0.05) is 15.9 Å². The van der Waals surface area contributed by atoms with Crippen LogP contribution < -0.4 is 10.1 Å². The van der Waals surface area contributed by atoms with E-state index in [0.29, 0.717) is 4.47 Å². The summed E-state index contributed by atoms with van der Waals surface area (Å²) in [5, 5.41) is 2.33. The fraction of sp³-hybridized carbons (Fsp3) is 0.417. The zero-order valence-corrected chi connectivity index (χ0v) is 12.2. The number of rotatable bonds is 2. The van der Waals surface area contributed by atoms with Crippen molar-refractivity contribution in [2.24, 2.45) is 0 Å². The number of halogens is 2. The highest BCUT2D eigenvalue weighted by atomic mass is 79.9. The number of hydrogen-bond acceptors (Lipinski definition) is 3. The number of nitrogens with one attached hydrogen (secondary N) is 1. The molecule has 0 unspecified atom stereocenters. The number of anilines is 1. The first-order valence-electron chi connectivity index (χ1n) is 5.26. The molecule has 0 aromatic heterocycles. The van der Waals surface area contributed by atoms with Crippen LogP contribution >= 0.6 is 15.9 Å². The molecule has 1 aromatic rings. The van der Waals surface area contributed by atoms with Gasteiger partial charge in [-0.3, -0.25) is 5.32 Å². The molecule has 0 saturated heterocycles. The number of benzene rings is 1. The first kappa shape index (κ1) is 14.8. The van der Waals surface area contributed by atoms with Crippen molar-refractivity contribution in [2.45, 2.75) is 26.4 Å². The van der Waals surface area contributed by atoms with E-state index in [9.17, 15) is 9.18 Å². The molecule has 100 valence electrons. The van der Waals surface area contributed by atoms with Gasteiger partial charge in [0.1, 0.15) is 17.0 Å². The topological polar surface area (TPSA) is 47.6 Å². The molecule has 0 atom stereocenters. The maximum atomic E-state index is 13.7. The normalized spacial score (nSPS) is 11.0. The Bertz CT molecular complexity index is 457. The molecule has 1 rings (SSSR count). The molecule has 0 fully saturated rings. The highest BCUT2D eigenvalue weighted by Crippen LogP contribution is 2.31. The largest absolute Gasteiger partial charge is 0.494 e. The Morgan fingerprint density at radius 2 is 2.00 bits per heavy atom. The molecule has 1 amide bonds. The van der Waals surface area contributed by atoms with E-state index < -0.39 is 17.5 Å². The Morgan fingerprint density at radius 3 is 2.50 bits per heavy atom. The average molecular weight is 320 g/mol. The van der Waals surface area contributed by atoms with Crippen molar-refractivity contribution in [1.82, 2.24) is 0 Å². The lowest BCUT2D eigenvalue weighted by Crippen LogP contribution is -2.27. The van der Waals surface area contributed by atoms with Gasteiger partial charge in [0, 0.05) is 4.47 Å². The van der Waals surface area contributed by atoms with Gasteiger partial charge < -0.3 is 9.47 Å².